The lowest BCUT2D eigenvalue weighted by Crippen LogP contribution is -1.97. The Bertz CT molecular complexity index is 2790. The smallest absolute Gasteiger partial charge is 0.0541 e. The van der Waals surface area contributed by atoms with Gasteiger partial charge in [0.05, 0.1) is 22.2 Å². The van der Waals surface area contributed by atoms with Crippen LogP contribution in [0.4, 0.5) is 0 Å². The van der Waals surface area contributed by atoms with Crippen LogP contribution in [0.2, 0.25) is 0 Å². The molecule has 2 nitrogen and oxygen atoms in total. The fraction of sp³-hybridized carbons (Fsp3) is 0.0204. The van der Waals surface area contributed by atoms with Crippen molar-refractivity contribution in [1.82, 2.24) is 9.13 Å². The monoisotopic (exact) mass is 650 g/mol. The van der Waals surface area contributed by atoms with Gasteiger partial charge in [-0.05, 0) is 100 Å². The molecule has 0 unspecified atom stereocenters. The normalized spacial score (nSPS) is 12.5. The molecule has 1 aliphatic rings. The molecule has 0 saturated heterocycles. The fourth-order valence-corrected chi connectivity index (χ4v) is 7.90. The van der Waals surface area contributed by atoms with E-state index >= 15 is 0 Å². The highest BCUT2D eigenvalue weighted by Crippen LogP contribution is 2.39. The van der Waals surface area contributed by atoms with Crippen molar-refractivity contribution in [1.29, 1.82) is 0 Å². The lowest BCUT2D eigenvalue weighted by molar-refractivity contribution is 1.11. The standard InChI is InChI=1S/C49H34N2/c1-4-13-34(14-5-1)36-23-27-40(28-24-36)50-46-22-11-10-20-43(46)44-32-38(25-29-48(44)50)39-26-30-49-45(33-39)42-19-8-3-9-21-47(42)51(49)41-18-12-17-37(31-41)35-15-6-2-7-16-35/h1-2,4-33H,3H2. The summed E-state index contributed by atoms with van der Waals surface area (Å²) in [5.74, 6) is 0. The van der Waals surface area contributed by atoms with Crippen LogP contribution in [0.3, 0.4) is 0 Å². The van der Waals surface area contributed by atoms with Crippen molar-refractivity contribution in [2.24, 2.45) is 0 Å². The number of para-hydroxylation sites is 1. The number of hydrogen-bond acceptors (Lipinski definition) is 0. The molecule has 2 aromatic heterocycles. The molecule has 0 spiro atoms. The fourth-order valence-electron chi connectivity index (χ4n) is 7.90. The van der Waals surface area contributed by atoms with Crippen molar-refractivity contribution >= 4 is 44.9 Å². The summed E-state index contributed by atoms with van der Waals surface area (Å²) in [6.07, 6.45) is 10.1. The average molecular weight is 651 g/mol. The maximum atomic E-state index is 2.42. The van der Waals surface area contributed by atoms with Crippen LogP contribution in [0.25, 0.3) is 89.6 Å². The quantitative estimate of drug-likeness (QED) is 0.175. The summed E-state index contributed by atoms with van der Waals surface area (Å²) in [5.41, 5.74) is 15.8. The Morgan fingerprint density at radius 2 is 0.882 bits per heavy atom. The van der Waals surface area contributed by atoms with Gasteiger partial charge >= 0.3 is 0 Å². The van der Waals surface area contributed by atoms with Crippen molar-refractivity contribution in [2.75, 3.05) is 0 Å². The molecule has 51 heavy (non-hydrogen) atoms. The summed E-state index contributed by atoms with van der Waals surface area (Å²) in [6, 6.07) is 61.8. The highest BCUT2D eigenvalue weighted by Gasteiger charge is 2.19. The van der Waals surface area contributed by atoms with Crippen LogP contribution in [-0.2, 0) is 0 Å². The molecule has 0 amide bonds. The van der Waals surface area contributed by atoms with Crippen LogP contribution in [0.1, 0.15) is 17.7 Å². The molecule has 0 radical (unpaired) electrons. The molecule has 2 heteroatoms. The van der Waals surface area contributed by atoms with Crippen molar-refractivity contribution < 1.29 is 0 Å². The van der Waals surface area contributed by atoms with Gasteiger partial charge in [0.2, 0.25) is 0 Å². The van der Waals surface area contributed by atoms with Crippen molar-refractivity contribution in [3.05, 3.63) is 193 Å². The van der Waals surface area contributed by atoms with Crippen LogP contribution in [0.5, 0.6) is 0 Å². The van der Waals surface area contributed by atoms with Crippen LogP contribution in [-0.4, -0.2) is 9.13 Å². The van der Waals surface area contributed by atoms with E-state index in [4.69, 9.17) is 0 Å². The molecule has 0 bridgehead atoms. The minimum Gasteiger partial charge on any atom is -0.309 e. The Hall–Kier alpha value is -6.64. The number of nitrogens with zero attached hydrogens (tertiary/aromatic N) is 2. The largest absolute Gasteiger partial charge is 0.309 e. The Balaban J connectivity index is 1.10. The molecular weight excluding hydrogens is 617 g/mol. The minimum atomic E-state index is 0.926. The van der Waals surface area contributed by atoms with Gasteiger partial charge < -0.3 is 9.13 Å². The number of allylic oxidation sites excluding steroid dienone is 2. The zero-order chi connectivity index (χ0) is 33.7. The first-order valence-corrected chi connectivity index (χ1v) is 17.7. The minimum absolute atomic E-state index is 0.926. The third-order valence-electron chi connectivity index (χ3n) is 10.3. The topological polar surface area (TPSA) is 9.86 Å². The summed E-state index contributed by atoms with van der Waals surface area (Å²) in [7, 11) is 0. The van der Waals surface area contributed by atoms with Gasteiger partial charge in [-0.25, -0.2) is 0 Å². The SMILES string of the molecule is C1=Cc2c(n(-c3cccc(-c4ccccc4)c3)c3ccc(-c4ccc5c(c4)c4ccccc4n5-c4ccc(-c5ccccc5)cc4)cc23)C=CC1. The number of rotatable bonds is 5. The van der Waals surface area contributed by atoms with Crippen LogP contribution in [0.15, 0.2) is 182 Å². The predicted octanol–water partition coefficient (Wildman–Crippen LogP) is 13.2. The first-order valence-electron chi connectivity index (χ1n) is 17.7. The summed E-state index contributed by atoms with van der Waals surface area (Å²) >= 11 is 0. The van der Waals surface area contributed by atoms with E-state index in [2.05, 4.69) is 203 Å². The Morgan fingerprint density at radius 1 is 0.333 bits per heavy atom. The van der Waals surface area contributed by atoms with Gasteiger partial charge in [0.25, 0.3) is 0 Å². The van der Waals surface area contributed by atoms with Gasteiger partial charge in [-0.1, -0.05) is 133 Å². The van der Waals surface area contributed by atoms with E-state index in [0.717, 1.165) is 12.1 Å². The van der Waals surface area contributed by atoms with E-state index < -0.39 is 0 Å². The Labute approximate surface area is 297 Å². The van der Waals surface area contributed by atoms with Gasteiger partial charge in [0, 0.05) is 33.1 Å². The van der Waals surface area contributed by atoms with Gasteiger partial charge in [-0.3, -0.25) is 0 Å². The second kappa shape index (κ2) is 12.0. The van der Waals surface area contributed by atoms with Gasteiger partial charge in [-0.15, -0.1) is 0 Å². The molecule has 0 N–H and O–H groups in total. The summed E-state index contributed by atoms with van der Waals surface area (Å²) in [4.78, 5) is 0. The maximum absolute atomic E-state index is 2.42. The average Bonchev–Trinajstić information content (AvgIpc) is 3.57. The van der Waals surface area contributed by atoms with E-state index in [1.165, 1.54) is 83.0 Å². The summed E-state index contributed by atoms with van der Waals surface area (Å²) < 4.78 is 4.82. The van der Waals surface area contributed by atoms with Crippen molar-refractivity contribution in [2.45, 2.75) is 6.42 Å². The number of fused-ring (bicyclic) bond motifs is 6. The molecule has 240 valence electrons. The molecule has 0 atom stereocenters. The Morgan fingerprint density at radius 3 is 1.65 bits per heavy atom. The van der Waals surface area contributed by atoms with Gasteiger partial charge in [0.15, 0.2) is 0 Å². The summed E-state index contributed by atoms with van der Waals surface area (Å²) in [5, 5.41) is 3.78. The zero-order valence-electron chi connectivity index (χ0n) is 28.1. The van der Waals surface area contributed by atoms with Gasteiger partial charge in [-0.2, -0.15) is 0 Å². The molecule has 0 fully saturated rings. The molecule has 0 aliphatic heterocycles. The molecule has 9 aromatic rings. The number of hydrogen-bond donors (Lipinski definition) is 0. The van der Waals surface area contributed by atoms with Crippen molar-refractivity contribution in [3.63, 3.8) is 0 Å². The molecule has 1 aliphatic carbocycles. The van der Waals surface area contributed by atoms with E-state index in [-0.39, 0.29) is 0 Å². The van der Waals surface area contributed by atoms with E-state index in [0.29, 0.717) is 0 Å². The van der Waals surface area contributed by atoms with Crippen LogP contribution in [0, 0.1) is 0 Å². The van der Waals surface area contributed by atoms with Gasteiger partial charge in [0.1, 0.15) is 0 Å². The number of aromatic nitrogens is 2. The van der Waals surface area contributed by atoms with Crippen LogP contribution < -0.4 is 0 Å². The third-order valence-corrected chi connectivity index (χ3v) is 10.3. The van der Waals surface area contributed by atoms with Crippen LogP contribution >= 0.6 is 0 Å². The molecule has 2 heterocycles. The molecular formula is C49H34N2. The van der Waals surface area contributed by atoms with E-state index in [1.807, 2.05) is 0 Å². The lowest BCUT2D eigenvalue weighted by atomic mass is 10.00. The second-order valence-electron chi connectivity index (χ2n) is 13.3. The molecule has 7 aromatic carbocycles. The first kappa shape index (κ1) is 29.3. The highest BCUT2D eigenvalue weighted by atomic mass is 15.0. The summed E-state index contributed by atoms with van der Waals surface area (Å²) in [6.45, 7) is 0. The number of benzene rings is 7. The Kier molecular flexibility index (Phi) is 6.92. The predicted molar refractivity (Wildman–Crippen MR) is 217 cm³/mol. The second-order valence-corrected chi connectivity index (χ2v) is 13.3. The molecule has 10 rings (SSSR count). The lowest BCUT2D eigenvalue weighted by Gasteiger charge is -2.12. The zero-order valence-corrected chi connectivity index (χ0v) is 28.1. The first-order chi connectivity index (χ1) is 25.3. The van der Waals surface area contributed by atoms with Crippen molar-refractivity contribution in [3.8, 4) is 44.8 Å². The molecule has 0 saturated carbocycles. The van der Waals surface area contributed by atoms with E-state index in [9.17, 15) is 0 Å². The van der Waals surface area contributed by atoms with E-state index in [1.54, 1.807) is 0 Å². The highest BCUT2D eigenvalue weighted by molar-refractivity contribution is 6.11. The maximum Gasteiger partial charge on any atom is 0.0541 e. The third kappa shape index (κ3) is 4.95.